The SMILES string of the molecule is CC(=O)c1ccc(NC(=O)N2CCCC(=O)C2)cc1. The average molecular weight is 260 g/mol. The summed E-state index contributed by atoms with van der Waals surface area (Å²) < 4.78 is 0. The van der Waals surface area contributed by atoms with Crippen LogP contribution in [0, 0.1) is 0 Å². The molecule has 0 saturated carbocycles. The highest BCUT2D eigenvalue weighted by molar-refractivity contribution is 5.96. The van der Waals surface area contributed by atoms with Crippen molar-refractivity contribution in [2.24, 2.45) is 0 Å². The molecule has 2 amide bonds. The molecule has 2 rings (SSSR count). The second-order valence-corrected chi connectivity index (χ2v) is 4.63. The van der Waals surface area contributed by atoms with E-state index in [1.807, 2.05) is 0 Å². The van der Waals surface area contributed by atoms with Crippen molar-refractivity contribution in [3.05, 3.63) is 29.8 Å². The van der Waals surface area contributed by atoms with Gasteiger partial charge in [-0.1, -0.05) is 0 Å². The molecule has 0 bridgehead atoms. The molecule has 1 fully saturated rings. The van der Waals surface area contributed by atoms with Crippen LogP contribution in [0.2, 0.25) is 0 Å². The molecule has 5 heteroatoms. The van der Waals surface area contributed by atoms with Crippen molar-refractivity contribution in [1.82, 2.24) is 4.90 Å². The molecule has 1 N–H and O–H groups in total. The Balaban J connectivity index is 1.98. The summed E-state index contributed by atoms with van der Waals surface area (Å²) in [7, 11) is 0. The van der Waals surface area contributed by atoms with Crippen molar-refractivity contribution in [3.63, 3.8) is 0 Å². The highest BCUT2D eigenvalue weighted by atomic mass is 16.2. The van der Waals surface area contributed by atoms with Crippen molar-refractivity contribution in [2.75, 3.05) is 18.4 Å². The van der Waals surface area contributed by atoms with Gasteiger partial charge in [-0.25, -0.2) is 4.79 Å². The number of piperidine rings is 1. The van der Waals surface area contributed by atoms with E-state index >= 15 is 0 Å². The Kier molecular flexibility index (Phi) is 3.94. The minimum atomic E-state index is -0.274. The maximum absolute atomic E-state index is 11.9. The summed E-state index contributed by atoms with van der Waals surface area (Å²) in [5.41, 5.74) is 1.22. The van der Waals surface area contributed by atoms with E-state index in [-0.39, 0.29) is 24.1 Å². The molecule has 1 aromatic carbocycles. The highest BCUT2D eigenvalue weighted by Crippen LogP contribution is 2.12. The zero-order valence-electron chi connectivity index (χ0n) is 10.8. The van der Waals surface area contributed by atoms with Gasteiger partial charge in [0.1, 0.15) is 0 Å². The number of nitrogens with one attached hydrogen (secondary N) is 1. The van der Waals surface area contributed by atoms with E-state index in [4.69, 9.17) is 0 Å². The quantitative estimate of drug-likeness (QED) is 0.828. The topological polar surface area (TPSA) is 66.5 Å². The Bertz CT molecular complexity index is 508. The third kappa shape index (κ3) is 3.40. The zero-order valence-corrected chi connectivity index (χ0v) is 10.8. The molecule has 1 aliphatic heterocycles. The van der Waals surface area contributed by atoms with Crippen LogP contribution in [0.4, 0.5) is 10.5 Å². The number of carbonyl (C=O) groups is 3. The summed E-state index contributed by atoms with van der Waals surface area (Å²) in [6, 6.07) is 6.42. The number of urea groups is 1. The van der Waals surface area contributed by atoms with Gasteiger partial charge in [-0.3, -0.25) is 9.59 Å². The van der Waals surface area contributed by atoms with Gasteiger partial charge in [-0.2, -0.15) is 0 Å². The number of carbonyl (C=O) groups excluding carboxylic acids is 3. The second-order valence-electron chi connectivity index (χ2n) is 4.63. The van der Waals surface area contributed by atoms with E-state index in [2.05, 4.69) is 5.32 Å². The van der Waals surface area contributed by atoms with E-state index < -0.39 is 0 Å². The number of likely N-dealkylation sites (tertiary alicyclic amines) is 1. The molecule has 1 saturated heterocycles. The highest BCUT2D eigenvalue weighted by Gasteiger charge is 2.21. The number of hydrogen-bond acceptors (Lipinski definition) is 3. The van der Waals surface area contributed by atoms with Crippen LogP contribution in [-0.4, -0.2) is 35.6 Å². The maximum Gasteiger partial charge on any atom is 0.322 e. The number of anilines is 1. The van der Waals surface area contributed by atoms with Crippen molar-refractivity contribution >= 4 is 23.3 Å². The number of benzene rings is 1. The van der Waals surface area contributed by atoms with Gasteiger partial charge in [0, 0.05) is 24.2 Å². The largest absolute Gasteiger partial charge is 0.322 e. The van der Waals surface area contributed by atoms with Gasteiger partial charge >= 0.3 is 6.03 Å². The van der Waals surface area contributed by atoms with Crippen molar-refractivity contribution in [2.45, 2.75) is 19.8 Å². The Labute approximate surface area is 111 Å². The first-order valence-electron chi connectivity index (χ1n) is 6.25. The fourth-order valence-electron chi connectivity index (χ4n) is 2.00. The van der Waals surface area contributed by atoms with Crippen LogP contribution >= 0.6 is 0 Å². The zero-order chi connectivity index (χ0) is 13.8. The smallest absolute Gasteiger partial charge is 0.317 e. The van der Waals surface area contributed by atoms with Gasteiger partial charge in [0.05, 0.1) is 6.54 Å². The molecule has 0 aromatic heterocycles. The molecule has 0 unspecified atom stereocenters. The molecule has 0 atom stereocenters. The third-order valence-corrected chi connectivity index (χ3v) is 3.08. The Hall–Kier alpha value is -2.17. The lowest BCUT2D eigenvalue weighted by Gasteiger charge is -2.25. The first kappa shape index (κ1) is 13.3. The molecule has 0 spiro atoms. The number of ketones is 2. The molecule has 1 heterocycles. The predicted octanol–water partition coefficient (Wildman–Crippen LogP) is 2.09. The van der Waals surface area contributed by atoms with Crippen LogP contribution in [0.15, 0.2) is 24.3 Å². The molecule has 100 valence electrons. The van der Waals surface area contributed by atoms with Crippen LogP contribution in [0.1, 0.15) is 30.1 Å². The molecule has 0 radical (unpaired) electrons. The number of amides is 2. The van der Waals surface area contributed by atoms with Gasteiger partial charge in [-0.15, -0.1) is 0 Å². The van der Waals surface area contributed by atoms with Gasteiger partial charge in [0.25, 0.3) is 0 Å². The Morgan fingerprint density at radius 1 is 1.21 bits per heavy atom. The molecule has 5 nitrogen and oxygen atoms in total. The maximum atomic E-state index is 11.9. The minimum Gasteiger partial charge on any atom is -0.317 e. The molecule has 0 aliphatic carbocycles. The summed E-state index contributed by atoms with van der Waals surface area (Å²) in [5, 5.41) is 2.72. The van der Waals surface area contributed by atoms with E-state index in [1.54, 1.807) is 24.3 Å². The fraction of sp³-hybridized carbons (Fsp3) is 0.357. The molecule has 1 aromatic rings. The van der Waals surface area contributed by atoms with E-state index in [1.165, 1.54) is 11.8 Å². The average Bonchev–Trinajstić information content (AvgIpc) is 2.39. The lowest BCUT2D eigenvalue weighted by atomic mass is 10.1. The predicted molar refractivity (Wildman–Crippen MR) is 71.3 cm³/mol. The lowest BCUT2D eigenvalue weighted by Crippen LogP contribution is -2.42. The molecule has 1 aliphatic rings. The molecule has 19 heavy (non-hydrogen) atoms. The van der Waals surface area contributed by atoms with Crippen molar-refractivity contribution < 1.29 is 14.4 Å². The monoisotopic (exact) mass is 260 g/mol. The first-order chi connectivity index (χ1) is 9.06. The van der Waals surface area contributed by atoms with Crippen LogP contribution in [0.5, 0.6) is 0 Å². The van der Waals surface area contributed by atoms with Gasteiger partial charge in [-0.05, 0) is 37.6 Å². The Morgan fingerprint density at radius 3 is 2.47 bits per heavy atom. The van der Waals surface area contributed by atoms with Gasteiger partial charge in [0.2, 0.25) is 0 Å². The first-order valence-corrected chi connectivity index (χ1v) is 6.25. The number of hydrogen-bond donors (Lipinski definition) is 1. The number of nitrogens with zero attached hydrogens (tertiary/aromatic N) is 1. The van der Waals surface area contributed by atoms with Crippen molar-refractivity contribution in [3.8, 4) is 0 Å². The summed E-state index contributed by atoms with van der Waals surface area (Å²) in [5.74, 6) is 0.0767. The minimum absolute atomic E-state index is 0.0143. The molecular formula is C14H16N2O3. The van der Waals surface area contributed by atoms with E-state index in [9.17, 15) is 14.4 Å². The van der Waals surface area contributed by atoms with E-state index in [0.717, 1.165) is 6.42 Å². The van der Waals surface area contributed by atoms with E-state index in [0.29, 0.717) is 24.2 Å². The standard InChI is InChI=1S/C14H16N2O3/c1-10(17)11-4-6-12(7-5-11)15-14(19)16-8-2-3-13(18)9-16/h4-7H,2-3,8-9H2,1H3,(H,15,19). The number of Topliss-reactive ketones (excluding diaryl/α,β-unsaturated/α-hetero) is 2. The molecular weight excluding hydrogens is 244 g/mol. The van der Waals surface area contributed by atoms with Gasteiger partial charge < -0.3 is 10.2 Å². The summed E-state index contributed by atoms with van der Waals surface area (Å²) in [6.45, 7) is 2.27. The third-order valence-electron chi connectivity index (χ3n) is 3.08. The summed E-state index contributed by atoms with van der Waals surface area (Å²) in [6.07, 6.45) is 1.27. The van der Waals surface area contributed by atoms with Crippen molar-refractivity contribution in [1.29, 1.82) is 0 Å². The van der Waals surface area contributed by atoms with Gasteiger partial charge in [0.15, 0.2) is 11.6 Å². The Morgan fingerprint density at radius 2 is 1.89 bits per heavy atom. The normalized spacial score (nSPS) is 15.2. The van der Waals surface area contributed by atoms with Crippen LogP contribution < -0.4 is 5.32 Å². The van der Waals surface area contributed by atoms with Crippen LogP contribution in [0.3, 0.4) is 0 Å². The summed E-state index contributed by atoms with van der Waals surface area (Å²) >= 11 is 0. The lowest BCUT2D eigenvalue weighted by molar-refractivity contribution is -0.121. The number of rotatable bonds is 2. The second kappa shape index (κ2) is 5.65. The fourth-order valence-corrected chi connectivity index (χ4v) is 2.00. The summed E-state index contributed by atoms with van der Waals surface area (Å²) in [4.78, 5) is 35.9. The van der Waals surface area contributed by atoms with Crippen LogP contribution in [-0.2, 0) is 4.79 Å². The van der Waals surface area contributed by atoms with Crippen LogP contribution in [0.25, 0.3) is 0 Å².